The van der Waals surface area contributed by atoms with Crippen LogP contribution in [-0.2, 0) is 4.79 Å². The molecule has 2 rings (SSSR count). The van der Waals surface area contributed by atoms with Gasteiger partial charge < -0.3 is 4.79 Å². The fourth-order valence-electron chi connectivity index (χ4n) is 2.49. The van der Waals surface area contributed by atoms with Crippen molar-refractivity contribution >= 4 is 41.4 Å². The second-order valence-corrected chi connectivity index (χ2v) is 6.78. The molecular weight excluding hydrogens is 420 g/mol. The molecule has 0 bridgehead atoms. The van der Waals surface area contributed by atoms with Crippen molar-refractivity contribution in [2.45, 2.75) is 31.8 Å². The summed E-state index contributed by atoms with van der Waals surface area (Å²) in [6.07, 6.45) is -4.15. The van der Waals surface area contributed by atoms with Gasteiger partial charge in [0.15, 0.2) is 0 Å². The standard InChI is InChI=1S/C16H13ClF4N2O2S.C2H6/c1-8-9(2)23(15(25)22(3)14(8)16(19,20)21)12-7-13(26-5-4-24)10(17)6-11(12)18;1-2/h4,6-7H,2,5H2,1,3H3;1-2H3. The Hall–Kier alpha value is -2.00. The van der Waals surface area contributed by atoms with E-state index in [0.717, 1.165) is 36.7 Å². The molecule has 4 nitrogen and oxygen atoms in total. The number of rotatable bonds is 4. The third kappa shape index (κ3) is 4.70. The van der Waals surface area contributed by atoms with Crippen molar-refractivity contribution in [2.75, 3.05) is 17.7 Å². The average molecular weight is 439 g/mol. The number of carbonyl (C=O) groups excluding carboxylic acids is 2. The normalized spacial score (nSPS) is 14.9. The van der Waals surface area contributed by atoms with Crippen LogP contribution in [0.1, 0.15) is 20.8 Å². The van der Waals surface area contributed by atoms with E-state index in [4.69, 9.17) is 11.6 Å². The summed E-state index contributed by atoms with van der Waals surface area (Å²) < 4.78 is 54.1. The lowest BCUT2D eigenvalue weighted by atomic mass is 10.1. The molecule has 0 atom stereocenters. The van der Waals surface area contributed by atoms with Crippen LogP contribution < -0.4 is 4.90 Å². The van der Waals surface area contributed by atoms with Crippen LogP contribution in [0.25, 0.3) is 0 Å². The third-order valence-electron chi connectivity index (χ3n) is 3.69. The van der Waals surface area contributed by atoms with Crippen LogP contribution in [0.5, 0.6) is 0 Å². The van der Waals surface area contributed by atoms with Gasteiger partial charge >= 0.3 is 12.2 Å². The van der Waals surface area contributed by atoms with Gasteiger partial charge in [-0.2, -0.15) is 13.2 Å². The predicted octanol–water partition coefficient (Wildman–Crippen LogP) is 6.02. The first-order chi connectivity index (χ1) is 13.0. The summed E-state index contributed by atoms with van der Waals surface area (Å²) in [7, 11) is 0.948. The topological polar surface area (TPSA) is 40.6 Å². The molecule has 1 heterocycles. The number of carbonyl (C=O) groups is 2. The molecule has 0 radical (unpaired) electrons. The molecule has 0 fully saturated rings. The van der Waals surface area contributed by atoms with Gasteiger partial charge in [0, 0.05) is 23.2 Å². The van der Waals surface area contributed by atoms with Crippen LogP contribution in [-0.4, -0.2) is 36.2 Å². The van der Waals surface area contributed by atoms with Gasteiger partial charge in [-0.15, -0.1) is 11.8 Å². The largest absolute Gasteiger partial charge is 0.431 e. The number of halogens is 5. The van der Waals surface area contributed by atoms with Crippen molar-refractivity contribution < 1.29 is 27.2 Å². The Bertz CT molecular complexity index is 825. The first kappa shape index (κ1) is 24.0. The third-order valence-corrected chi connectivity index (χ3v) is 5.07. The first-order valence-corrected chi connectivity index (χ1v) is 9.47. The van der Waals surface area contributed by atoms with Gasteiger partial charge in [-0.1, -0.05) is 32.0 Å². The van der Waals surface area contributed by atoms with E-state index in [2.05, 4.69) is 6.58 Å². The van der Waals surface area contributed by atoms with Gasteiger partial charge in [0.2, 0.25) is 0 Å². The van der Waals surface area contributed by atoms with E-state index in [1.54, 1.807) is 0 Å². The Morgan fingerprint density at radius 3 is 2.36 bits per heavy atom. The number of thioether (sulfide) groups is 1. The lowest BCUT2D eigenvalue weighted by Crippen LogP contribution is -2.48. The molecule has 0 unspecified atom stereocenters. The van der Waals surface area contributed by atoms with E-state index in [1.165, 1.54) is 6.07 Å². The minimum atomic E-state index is -4.77. The van der Waals surface area contributed by atoms with Crippen molar-refractivity contribution in [1.82, 2.24) is 4.90 Å². The molecule has 1 aromatic rings. The molecule has 1 aliphatic rings. The Kier molecular flexibility index (Phi) is 8.13. The molecule has 10 heteroatoms. The van der Waals surface area contributed by atoms with E-state index in [0.29, 0.717) is 16.1 Å². The SMILES string of the molecule is C=C1C(C)=C(C(F)(F)F)N(C)C(=O)N1c1cc(SCC=O)c(Cl)cc1F.CC. The smallest absolute Gasteiger partial charge is 0.302 e. The molecule has 0 spiro atoms. The number of benzene rings is 1. The minimum absolute atomic E-state index is 0.0183. The maximum absolute atomic E-state index is 14.4. The average Bonchev–Trinajstić information content (AvgIpc) is 2.61. The van der Waals surface area contributed by atoms with Crippen molar-refractivity contribution in [3.05, 3.63) is 46.5 Å². The molecule has 0 aromatic heterocycles. The quantitative estimate of drug-likeness (QED) is 0.328. The highest BCUT2D eigenvalue weighted by Gasteiger charge is 2.46. The second kappa shape index (κ2) is 9.47. The number of anilines is 1. The zero-order valence-corrected chi connectivity index (χ0v) is 17.2. The summed E-state index contributed by atoms with van der Waals surface area (Å²) in [6.45, 7) is 8.66. The van der Waals surface area contributed by atoms with Crippen molar-refractivity contribution in [2.24, 2.45) is 0 Å². The lowest BCUT2D eigenvalue weighted by Gasteiger charge is -2.38. The summed E-state index contributed by atoms with van der Waals surface area (Å²) in [5.41, 5.74) is -2.07. The molecule has 1 aromatic carbocycles. The maximum Gasteiger partial charge on any atom is 0.431 e. The van der Waals surface area contributed by atoms with Gasteiger partial charge in [-0.25, -0.2) is 9.18 Å². The fourth-order valence-corrected chi connectivity index (χ4v) is 3.45. The van der Waals surface area contributed by atoms with Gasteiger partial charge in [0.1, 0.15) is 17.8 Å². The predicted molar refractivity (Wildman–Crippen MR) is 103 cm³/mol. The zero-order valence-electron chi connectivity index (χ0n) is 15.7. The summed E-state index contributed by atoms with van der Waals surface area (Å²) in [5.74, 6) is -0.867. The van der Waals surface area contributed by atoms with E-state index in [9.17, 15) is 27.2 Å². The maximum atomic E-state index is 14.4. The number of alkyl halides is 3. The van der Waals surface area contributed by atoms with Crippen LogP contribution in [0.4, 0.5) is 28.0 Å². The van der Waals surface area contributed by atoms with Crippen LogP contribution in [0.2, 0.25) is 5.02 Å². The molecule has 0 saturated heterocycles. The first-order valence-electron chi connectivity index (χ1n) is 8.11. The van der Waals surface area contributed by atoms with Gasteiger partial charge in [0.25, 0.3) is 0 Å². The van der Waals surface area contributed by atoms with Crippen LogP contribution in [0, 0.1) is 5.82 Å². The van der Waals surface area contributed by atoms with Gasteiger partial charge in [-0.05, 0) is 19.1 Å². The monoisotopic (exact) mass is 438 g/mol. The van der Waals surface area contributed by atoms with E-state index in [1.807, 2.05) is 13.8 Å². The minimum Gasteiger partial charge on any atom is -0.302 e. The zero-order chi connectivity index (χ0) is 21.8. The number of aldehydes is 1. The molecule has 0 aliphatic carbocycles. The Labute approximate surface area is 169 Å². The van der Waals surface area contributed by atoms with Crippen LogP contribution >= 0.6 is 23.4 Å². The highest BCUT2D eigenvalue weighted by atomic mass is 35.5. The van der Waals surface area contributed by atoms with E-state index in [-0.39, 0.29) is 27.7 Å². The molecular formula is C18H19ClF4N2O2S. The van der Waals surface area contributed by atoms with E-state index < -0.39 is 23.7 Å². The molecule has 0 saturated carbocycles. The number of hydrogen-bond acceptors (Lipinski definition) is 3. The van der Waals surface area contributed by atoms with Crippen molar-refractivity contribution in [3.63, 3.8) is 0 Å². The van der Waals surface area contributed by atoms with Gasteiger partial charge in [-0.3, -0.25) is 9.80 Å². The Morgan fingerprint density at radius 1 is 1.29 bits per heavy atom. The summed E-state index contributed by atoms with van der Waals surface area (Å²) >= 11 is 6.92. The summed E-state index contributed by atoms with van der Waals surface area (Å²) in [6, 6.07) is 1.03. The highest BCUT2D eigenvalue weighted by Crippen LogP contribution is 2.41. The molecule has 1 aliphatic heterocycles. The molecule has 28 heavy (non-hydrogen) atoms. The van der Waals surface area contributed by atoms with E-state index >= 15 is 0 Å². The van der Waals surface area contributed by atoms with Gasteiger partial charge in [0.05, 0.1) is 16.5 Å². The highest BCUT2D eigenvalue weighted by molar-refractivity contribution is 8.00. The number of allylic oxidation sites excluding steroid dienone is 2. The number of hydrogen-bond donors (Lipinski definition) is 0. The Balaban J connectivity index is 0.00000190. The summed E-state index contributed by atoms with van der Waals surface area (Å²) in [4.78, 5) is 24.5. The number of amides is 2. The number of nitrogens with zero attached hydrogens (tertiary/aromatic N) is 2. The lowest BCUT2D eigenvalue weighted by molar-refractivity contribution is -0.107. The van der Waals surface area contributed by atoms with Crippen LogP contribution in [0.15, 0.2) is 40.6 Å². The van der Waals surface area contributed by atoms with Crippen LogP contribution in [0.3, 0.4) is 0 Å². The molecule has 0 N–H and O–H groups in total. The summed E-state index contributed by atoms with van der Waals surface area (Å²) in [5, 5.41) is 0.0183. The van der Waals surface area contributed by atoms with Crippen molar-refractivity contribution in [1.29, 1.82) is 0 Å². The molecule has 154 valence electrons. The number of urea groups is 1. The Morgan fingerprint density at radius 2 is 1.86 bits per heavy atom. The fraction of sp³-hybridized carbons (Fsp3) is 0.333. The second-order valence-electron chi connectivity index (χ2n) is 5.31. The molecule has 2 amide bonds. The van der Waals surface area contributed by atoms with Crippen molar-refractivity contribution in [3.8, 4) is 0 Å².